The van der Waals surface area contributed by atoms with Gasteiger partial charge in [-0.25, -0.2) is 4.98 Å². The molecule has 4 nitrogen and oxygen atoms in total. The summed E-state index contributed by atoms with van der Waals surface area (Å²) in [5.74, 6) is 0.816. The summed E-state index contributed by atoms with van der Waals surface area (Å²) in [6, 6.07) is 5.76. The van der Waals surface area contributed by atoms with Crippen LogP contribution in [0.15, 0.2) is 22.7 Å². The third kappa shape index (κ3) is 2.49. The lowest BCUT2D eigenvalue weighted by molar-refractivity contribution is -0.125. The first-order valence-electron chi connectivity index (χ1n) is 5.91. The molecule has 6 heteroatoms. The minimum atomic E-state index is -0.843. The Morgan fingerprint density at radius 2 is 2.21 bits per heavy atom. The number of aryl methyl sites for hydroxylation is 1. The number of hydrogen-bond acceptors (Lipinski definition) is 2. The summed E-state index contributed by atoms with van der Waals surface area (Å²) in [4.78, 5) is 16.3. The number of benzene rings is 1. The van der Waals surface area contributed by atoms with Crippen LogP contribution in [0.2, 0.25) is 0 Å². The van der Waals surface area contributed by atoms with Gasteiger partial charge < -0.3 is 10.3 Å². The number of hydrogen-bond donors (Lipinski definition) is 1. The minimum absolute atomic E-state index is 0.398. The van der Waals surface area contributed by atoms with Gasteiger partial charge in [0.1, 0.15) is 11.4 Å². The van der Waals surface area contributed by atoms with Crippen LogP contribution < -0.4 is 5.73 Å². The molecular formula is C13H15BrClN3O. The number of carbonyl (C=O) groups is 1. The molecule has 0 radical (unpaired) electrons. The Balaban J connectivity index is 2.75. The van der Waals surface area contributed by atoms with Crippen LogP contribution in [0.5, 0.6) is 0 Å². The first kappa shape index (κ1) is 14.3. The fourth-order valence-electron chi connectivity index (χ4n) is 2.09. The number of nitrogens with two attached hydrogens (primary N) is 1. The highest BCUT2D eigenvalue weighted by atomic mass is 79.9. The molecule has 1 amide bonds. The molecule has 1 aromatic carbocycles. The van der Waals surface area contributed by atoms with Gasteiger partial charge in [-0.15, -0.1) is 11.6 Å². The van der Waals surface area contributed by atoms with E-state index in [4.69, 9.17) is 17.3 Å². The van der Waals surface area contributed by atoms with Crippen LogP contribution in [0, 0.1) is 0 Å². The van der Waals surface area contributed by atoms with Gasteiger partial charge >= 0.3 is 0 Å². The van der Waals surface area contributed by atoms with Crippen molar-refractivity contribution in [1.29, 1.82) is 0 Å². The van der Waals surface area contributed by atoms with Gasteiger partial charge in [0.15, 0.2) is 0 Å². The average Bonchev–Trinajstić information content (AvgIpc) is 2.66. The molecule has 0 atom stereocenters. The molecule has 2 N–H and O–H groups in total. The van der Waals surface area contributed by atoms with Crippen LogP contribution >= 0.6 is 27.5 Å². The van der Waals surface area contributed by atoms with E-state index >= 15 is 0 Å². The van der Waals surface area contributed by atoms with Crippen molar-refractivity contribution in [2.45, 2.75) is 25.8 Å². The smallest absolute Gasteiger partial charge is 0.243 e. The molecule has 0 bridgehead atoms. The standard InChI is InChI=1S/C13H15BrClN3O/c1-13(2,12(16)19)18-10-4-3-8(14)7-9(10)17-11(18)5-6-15/h3-4,7H,5-6H2,1-2H3,(H2,16,19). The molecule has 0 fully saturated rings. The highest BCUT2D eigenvalue weighted by molar-refractivity contribution is 9.10. The van der Waals surface area contributed by atoms with E-state index in [0.717, 1.165) is 21.3 Å². The summed E-state index contributed by atoms with van der Waals surface area (Å²) in [5, 5.41) is 0. The molecule has 0 aliphatic carbocycles. The molecule has 0 aliphatic rings. The van der Waals surface area contributed by atoms with Crippen molar-refractivity contribution in [3.63, 3.8) is 0 Å². The molecule has 2 rings (SSSR count). The fourth-order valence-corrected chi connectivity index (χ4v) is 2.61. The zero-order chi connectivity index (χ0) is 14.2. The van der Waals surface area contributed by atoms with Crippen LogP contribution in [0.4, 0.5) is 0 Å². The lowest BCUT2D eigenvalue weighted by atomic mass is 10.0. The van der Waals surface area contributed by atoms with Gasteiger partial charge in [0.25, 0.3) is 0 Å². The molecule has 0 saturated carbocycles. The third-order valence-corrected chi connectivity index (χ3v) is 3.85. The highest BCUT2D eigenvalue weighted by Gasteiger charge is 2.31. The summed E-state index contributed by atoms with van der Waals surface area (Å²) in [5.41, 5.74) is 6.38. The summed E-state index contributed by atoms with van der Waals surface area (Å²) in [6.07, 6.45) is 0.588. The Labute approximate surface area is 125 Å². The summed E-state index contributed by atoms with van der Waals surface area (Å²) in [7, 11) is 0. The van der Waals surface area contributed by atoms with Gasteiger partial charge in [0, 0.05) is 16.8 Å². The topological polar surface area (TPSA) is 60.9 Å². The summed E-state index contributed by atoms with van der Waals surface area (Å²) < 4.78 is 2.82. The van der Waals surface area contributed by atoms with E-state index in [1.165, 1.54) is 0 Å². The quantitative estimate of drug-likeness (QED) is 0.867. The Morgan fingerprint density at radius 3 is 2.79 bits per heavy atom. The van der Waals surface area contributed by atoms with E-state index in [9.17, 15) is 4.79 Å². The number of rotatable bonds is 4. The monoisotopic (exact) mass is 343 g/mol. The van der Waals surface area contributed by atoms with Crippen molar-refractivity contribution in [3.8, 4) is 0 Å². The second kappa shape index (κ2) is 5.13. The summed E-state index contributed by atoms with van der Waals surface area (Å²) in [6.45, 7) is 3.58. The van der Waals surface area contributed by atoms with Gasteiger partial charge in [-0.05, 0) is 32.0 Å². The average molecular weight is 345 g/mol. The van der Waals surface area contributed by atoms with E-state index < -0.39 is 11.4 Å². The molecule has 0 unspecified atom stereocenters. The molecule has 1 heterocycles. The first-order valence-corrected chi connectivity index (χ1v) is 7.24. The maximum Gasteiger partial charge on any atom is 0.243 e. The van der Waals surface area contributed by atoms with Crippen molar-refractivity contribution in [1.82, 2.24) is 9.55 Å². The largest absolute Gasteiger partial charge is 0.368 e. The minimum Gasteiger partial charge on any atom is -0.368 e. The number of aromatic nitrogens is 2. The highest BCUT2D eigenvalue weighted by Crippen LogP contribution is 2.27. The van der Waals surface area contributed by atoms with Crippen molar-refractivity contribution in [2.75, 3.05) is 5.88 Å². The Morgan fingerprint density at radius 1 is 1.53 bits per heavy atom. The zero-order valence-electron chi connectivity index (χ0n) is 10.8. The Hall–Kier alpha value is -1.07. The lowest BCUT2D eigenvalue weighted by Crippen LogP contribution is -2.42. The predicted molar refractivity (Wildman–Crippen MR) is 80.4 cm³/mol. The molecule has 0 spiro atoms. The van der Waals surface area contributed by atoms with Gasteiger partial charge in [-0.1, -0.05) is 15.9 Å². The fraction of sp³-hybridized carbons (Fsp3) is 0.385. The lowest BCUT2D eigenvalue weighted by Gasteiger charge is -2.25. The number of alkyl halides is 1. The summed E-state index contributed by atoms with van der Waals surface area (Å²) >= 11 is 9.24. The number of imidazole rings is 1. The second-order valence-corrected chi connectivity index (χ2v) is 6.15. The normalized spacial score (nSPS) is 12.0. The molecule has 0 aliphatic heterocycles. The van der Waals surface area contributed by atoms with Gasteiger partial charge in [0.05, 0.1) is 11.0 Å². The maximum atomic E-state index is 11.7. The van der Waals surface area contributed by atoms with Crippen molar-refractivity contribution < 1.29 is 4.79 Å². The van der Waals surface area contributed by atoms with Crippen molar-refractivity contribution in [2.24, 2.45) is 5.73 Å². The third-order valence-electron chi connectivity index (χ3n) is 3.17. The number of fused-ring (bicyclic) bond motifs is 1. The Bertz CT molecular complexity index is 636. The van der Waals surface area contributed by atoms with E-state index in [0.29, 0.717) is 12.3 Å². The number of primary amides is 1. The first-order chi connectivity index (χ1) is 8.87. The van der Waals surface area contributed by atoms with Crippen molar-refractivity contribution in [3.05, 3.63) is 28.5 Å². The number of carbonyl (C=O) groups excluding carboxylic acids is 1. The molecule has 0 saturated heterocycles. The van der Waals surface area contributed by atoms with E-state index in [-0.39, 0.29) is 0 Å². The SMILES string of the molecule is CC(C)(C(N)=O)n1c(CCCl)nc2cc(Br)ccc21. The van der Waals surface area contributed by atoms with Crippen molar-refractivity contribution >= 4 is 44.5 Å². The van der Waals surface area contributed by atoms with Crippen LogP contribution in [-0.2, 0) is 16.8 Å². The molecule has 102 valence electrons. The molecular weight excluding hydrogens is 330 g/mol. The van der Waals surface area contributed by atoms with Crippen LogP contribution in [0.25, 0.3) is 11.0 Å². The van der Waals surface area contributed by atoms with Gasteiger partial charge in [0.2, 0.25) is 5.91 Å². The number of halogens is 2. The second-order valence-electron chi connectivity index (χ2n) is 4.86. The molecule has 2 aromatic rings. The van der Waals surface area contributed by atoms with E-state index in [1.54, 1.807) is 13.8 Å². The zero-order valence-corrected chi connectivity index (χ0v) is 13.1. The number of amides is 1. The van der Waals surface area contributed by atoms with Crippen LogP contribution in [0.3, 0.4) is 0 Å². The number of nitrogens with zero attached hydrogens (tertiary/aromatic N) is 2. The van der Waals surface area contributed by atoms with Crippen LogP contribution in [-0.4, -0.2) is 21.3 Å². The van der Waals surface area contributed by atoms with Gasteiger partial charge in [-0.2, -0.15) is 0 Å². The van der Waals surface area contributed by atoms with Gasteiger partial charge in [-0.3, -0.25) is 4.79 Å². The van der Waals surface area contributed by atoms with E-state index in [2.05, 4.69) is 20.9 Å². The predicted octanol–water partition coefficient (Wildman–Crippen LogP) is 2.80. The van der Waals surface area contributed by atoms with E-state index in [1.807, 2.05) is 22.8 Å². The van der Waals surface area contributed by atoms with Crippen LogP contribution in [0.1, 0.15) is 19.7 Å². The molecule has 1 aromatic heterocycles. The maximum absolute atomic E-state index is 11.7. The molecule has 19 heavy (non-hydrogen) atoms. The Kier molecular flexibility index (Phi) is 3.87.